The van der Waals surface area contributed by atoms with Crippen molar-refractivity contribution in [1.82, 2.24) is 9.97 Å². The average molecular weight is 472 g/mol. The van der Waals surface area contributed by atoms with Crippen LogP contribution in [-0.2, 0) is 30.2 Å². The van der Waals surface area contributed by atoms with Crippen molar-refractivity contribution in [3.63, 3.8) is 0 Å². The van der Waals surface area contributed by atoms with Crippen LogP contribution >= 0.6 is 0 Å². The summed E-state index contributed by atoms with van der Waals surface area (Å²) < 4.78 is 38.0. The highest BCUT2D eigenvalue weighted by atomic mass is 19.4. The minimum absolute atomic E-state index is 0.110. The summed E-state index contributed by atoms with van der Waals surface area (Å²) in [6.45, 7) is 1.89. The molecule has 10 heteroatoms. The fourth-order valence-corrected chi connectivity index (χ4v) is 3.40. The number of hydrogen-bond donors (Lipinski definition) is 3. The second-order valence-corrected chi connectivity index (χ2v) is 7.49. The van der Waals surface area contributed by atoms with Gasteiger partial charge in [0, 0.05) is 36.0 Å². The van der Waals surface area contributed by atoms with Crippen molar-refractivity contribution < 1.29 is 27.9 Å². The number of benzene rings is 2. The Labute approximate surface area is 194 Å². The van der Waals surface area contributed by atoms with Gasteiger partial charge in [0.15, 0.2) is 0 Å². The number of alkyl halides is 3. The second kappa shape index (κ2) is 10.3. The first kappa shape index (κ1) is 24.7. The maximum Gasteiger partial charge on any atom is 0.416 e. The van der Waals surface area contributed by atoms with Gasteiger partial charge in [0.1, 0.15) is 11.6 Å². The Bertz CT molecular complexity index is 1150. The zero-order valence-electron chi connectivity index (χ0n) is 18.5. The molecule has 3 rings (SSSR count). The minimum atomic E-state index is -4.46. The van der Waals surface area contributed by atoms with E-state index in [-0.39, 0.29) is 12.0 Å². The Morgan fingerprint density at radius 2 is 1.65 bits per heavy atom. The van der Waals surface area contributed by atoms with Crippen molar-refractivity contribution >= 4 is 23.4 Å². The molecule has 0 bridgehead atoms. The monoisotopic (exact) mass is 472 g/mol. The van der Waals surface area contributed by atoms with Crippen LogP contribution in [-0.4, -0.2) is 34.0 Å². The molecule has 0 atom stereocenters. The van der Waals surface area contributed by atoms with Crippen molar-refractivity contribution in [2.24, 2.45) is 0 Å². The molecule has 0 aliphatic rings. The van der Waals surface area contributed by atoms with Gasteiger partial charge in [-0.25, -0.2) is 9.97 Å². The van der Waals surface area contributed by atoms with E-state index in [1.165, 1.54) is 0 Å². The average Bonchev–Trinajstić information content (AvgIpc) is 2.80. The summed E-state index contributed by atoms with van der Waals surface area (Å²) in [5, 5.41) is 14.7. The summed E-state index contributed by atoms with van der Waals surface area (Å²) in [7, 11) is 1.67. The third-order valence-electron chi connectivity index (χ3n) is 5.09. The SMILES string of the molecule is CCc1nc(Cc2ccc(NC(=O)c3ccc(C(F)(F)F)cc3)cc2)nc(NC)c1CC(=O)O. The third-order valence-corrected chi connectivity index (χ3v) is 5.09. The van der Waals surface area contributed by atoms with E-state index in [1.807, 2.05) is 6.92 Å². The number of halogens is 3. The Kier molecular flexibility index (Phi) is 7.50. The number of amides is 1. The lowest BCUT2D eigenvalue weighted by Crippen LogP contribution is -2.13. The van der Waals surface area contributed by atoms with Crippen LogP contribution in [0.3, 0.4) is 0 Å². The maximum atomic E-state index is 12.7. The zero-order chi connectivity index (χ0) is 24.9. The van der Waals surface area contributed by atoms with Gasteiger partial charge in [-0.15, -0.1) is 0 Å². The number of carboxylic acid groups (broad SMARTS) is 1. The number of aliphatic carboxylic acids is 1. The lowest BCUT2D eigenvalue weighted by molar-refractivity contribution is -0.138. The molecule has 0 unspecified atom stereocenters. The number of carbonyl (C=O) groups is 2. The lowest BCUT2D eigenvalue weighted by Gasteiger charge is -2.13. The standard InChI is InChI=1S/C24H23F3N4O3/c1-3-19-18(13-21(32)33)22(28-2)31-20(30-19)12-14-4-10-17(11-5-14)29-23(34)15-6-8-16(9-7-15)24(25,26)27/h4-11H,3,12-13H2,1-2H3,(H,29,34)(H,32,33)(H,28,30,31). The van der Waals surface area contributed by atoms with Crippen LogP contribution in [0.1, 0.15) is 45.5 Å². The van der Waals surface area contributed by atoms with Crippen molar-refractivity contribution in [2.45, 2.75) is 32.4 Å². The fraction of sp³-hybridized carbons (Fsp3) is 0.250. The number of hydrogen-bond acceptors (Lipinski definition) is 5. The summed E-state index contributed by atoms with van der Waals surface area (Å²) in [4.78, 5) is 32.5. The van der Waals surface area contributed by atoms with Gasteiger partial charge in [-0.2, -0.15) is 13.2 Å². The molecule has 0 saturated carbocycles. The van der Waals surface area contributed by atoms with E-state index in [2.05, 4.69) is 20.6 Å². The maximum absolute atomic E-state index is 12.7. The Balaban J connectivity index is 1.71. The summed E-state index contributed by atoms with van der Waals surface area (Å²) in [5.41, 5.74) is 1.86. The number of carbonyl (C=O) groups excluding carboxylic acids is 1. The molecule has 34 heavy (non-hydrogen) atoms. The molecule has 0 aliphatic carbocycles. The molecule has 0 spiro atoms. The Hall–Kier alpha value is -3.95. The third kappa shape index (κ3) is 6.09. The molecular formula is C24H23F3N4O3. The first-order chi connectivity index (χ1) is 16.1. The van der Waals surface area contributed by atoms with Crippen molar-refractivity contribution in [1.29, 1.82) is 0 Å². The second-order valence-electron chi connectivity index (χ2n) is 7.49. The fourth-order valence-electron chi connectivity index (χ4n) is 3.40. The number of rotatable bonds is 8. The van der Waals surface area contributed by atoms with E-state index < -0.39 is 23.6 Å². The van der Waals surface area contributed by atoms with Crippen LogP contribution in [0.15, 0.2) is 48.5 Å². The van der Waals surface area contributed by atoms with E-state index in [0.717, 1.165) is 29.8 Å². The molecule has 0 saturated heterocycles. The summed E-state index contributed by atoms with van der Waals surface area (Å²) >= 11 is 0. The smallest absolute Gasteiger partial charge is 0.416 e. The largest absolute Gasteiger partial charge is 0.481 e. The molecule has 1 heterocycles. The van der Waals surface area contributed by atoms with Gasteiger partial charge in [-0.3, -0.25) is 9.59 Å². The van der Waals surface area contributed by atoms with Crippen LogP contribution in [0.25, 0.3) is 0 Å². The first-order valence-corrected chi connectivity index (χ1v) is 10.5. The van der Waals surface area contributed by atoms with Crippen molar-refractivity contribution in [3.8, 4) is 0 Å². The van der Waals surface area contributed by atoms with E-state index >= 15 is 0 Å². The first-order valence-electron chi connectivity index (χ1n) is 10.5. The number of aromatic nitrogens is 2. The number of aryl methyl sites for hydroxylation is 1. The number of anilines is 2. The molecule has 1 aromatic heterocycles. The summed E-state index contributed by atoms with van der Waals surface area (Å²) in [6.07, 6.45) is -3.69. The highest BCUT2D eigenvalue weighted by molar-refractivity contribution is 6.04. The highest BCUT2D eigenvalue weighted by Crippen LogP contribution is 2.29. The van der Waals surface area contributed by atoms with Crippen LogP contribution in [0.2, 0.25) is 0 Å². The van der Waals surface area contributed by atoms with Crippen LogP contribution in [0.4, 0.5) is 24.7 Å². The quantitative estimate of drug-likeness (QED) is 0.444. The van der Waals surface area contributed by atoms with Crippen LogP contribution < -0.4 is 10.6 Å². The van der Waals surface area contributed by atoms with E-state index in [4.69, 9.17) is 5.11 Å². The van der Waals surface area contributed by atoms with E-state index in [9.17, 15) is 22.8 Å². The van der Waals surface area contributed by atoms with E-state index in [0.29, 0.717) is 41.4 Å². The van der Waals surface area contributed by atoms with Crippen LogP contribution in [0.5, 0.6) is 0 Å². The number of carboxylic acids is 1. The summed E-state index contributed by atoms with van der Waals surface area (Å²) in [5.74, 6) is -0.483. The van der Waals surface area contributed by atoms with Crippen molar-refractivity contribution in [3.05, 3.63) is 82.3 Å². The zero-order valence-corrected chi connectivity index (χ0v) is 18.5. The molecule has 3 aromatic rings. The summed E-state index contributed by atoms with van der Waals surface area (Å²) in [6, 6.07) is 10.9. The van der Waals surface area contributed by atoms with Crippen molar-refractivity contribution in [2.75, 3.05) is 17.7 Å². The molecule has 1 amide bonds. The molecular weight excluding hydrogens is 449 g/mol. The van der Waals surface area contributed by atoms with Gasteiger partial charge >= 0.3 is 12.1 Å². The van der Waals surface area contributed by atoms with Gasteiger partial charge < -0.3 is 15.7 Å². The molecule has 3 N–H and O–H groups in total. The number of nitrogens with zero attached hydrogens (tertiary/aromatic N) is 2. The van der Waals surface area contributed by atoms with Gasteiger partial charge in [0.25, 0.3) is 5.91 Å². The molecule has 0 aliphatic heterocycles. The van der Waals surface area contributed by atoms with Crippen LogP contribution in [0, 0.1) is 0 Å². The topological polar surface area (TPSA) is 104 Å². The predicted molar refractivity (Wildman–Crippen MR) is 121 cm³/mol. The molecule has 178 valence electrons. The van der Waals surface area contributed by atoms with Gasteiger partial charge in [-0.1, -0.05) is 19.1 Å². The Morgan fingerprint density at radius 3 is 2.18 bits per heavy atom. The molecule has 7 nitrogen and oxygen atoms in total. The lowest BCUT2D eigenvalue weighted by atomic mass is 10.1. The van der Waals surface area contributed by atoms with Gasteiger partial charge in [0.05, 0.1) is 12.0 Å². The van der Waals surface area contributed by atoms with E-state index in [1.54, 1.807) is 31.3 Å². The molecule has 2 aromatic carbocycles. The number of nitrogens with one attached hydrogen (secondary N) is 2. The molecule has 0 fully saturated rings. The van der Waals surface area contributed by atoms with Gasteiger partial charge in [0.2, 0.25) is 0 Å². The Morgan fingerprint density at radius 1 is 1.00 bits per heavy atom. The predicted octanol–water partition coefficient (Wildman–Crippen LogP) is 4.57. The normalized spacial score (nSPS) is 11.2. The minimum Gasteiger partial charge on any atom is -0.481 e. The van der Waals surface area contributed by atoms with Gasteiger partial charge in [-0.05, 0) is 48.4 Å². The molecule has 0 radical (unpaired) electrons. The highest BCUT2D eigenvalue weighted by Gasteiger charge is 2.30.